The second kappa shape index (κ2) is 5.20. The Hall–Kier alpha value is -3.23. The van der Waals surface area contributed by atoms with Crippen LogP contribution in [0.5, 0.6) is 0 Å². The maximum absolute atomic E-state index is 12.5. The van der Waals surface area contributed by atoms with Crippen molar-refractivity contribution in [3.05, 3.63) is 67.1 Å². The van der Waals surface area contributed by atoms with Gasteiger partial charge in [0.25, 0.3) is 11.2 Å². The molecule has 3 rings (SSSR count). The number of benzene rings is 1. The van der Waals surface area contributed by atoms with Gasteiger partial charge < -0.3 is 4.57 Å². The van der Waals surface area contributed by atoms with E-state index in [-0.39, 0.29) is 12.2 Å². The van der Waals surface area contributed by atoms with Crippen LogP contribution in [0.3, 0.4) is 0 Å². The molecule has 0 fully saturated rings. The molecule has 3 aromatic rings. The molecule has 0 aliphatic rings. The van der Waals surface area contributed by atoms with Gasteiger partial charge in [0.2, 0.25) is 0 Å². The summed E-state index contributed by atoms with van der Waals surface area (Å²) in [7, 11) is 3.22. The second-order valence-electron chi connectivity index (χ2n) is 5.18. The molecule has 0 atom stereocenters. The van der Waals surface area contributed by atoms with Crippen molar-refractivity contribution in [1.82, 2.24) is 18.7 Å². The molecule has 0 amide bonds. The summed E-state index contributed by atoms with van der Waals surface area (Å²) in [6, 6.07) is 5.73. The first-order chi connectivity index (χ1) is 10.9. The highest BCUT2D eigenvalue weighted by atomic mass is 16.6. The van der Waals surface area contributed by atoms with Gasteiger partial charge in [0, 0.05) is 26.2 Å². The molecule has 0 radical (unpaired) electrons. The molecule has 9 nitrogen and oxygen atoms in total. The van der Waals surface area contributed by atoms with Gasteiger partial charge in [-0.15, -0.1) is 0 Å². The van der Waals surface area contributed by atoms with E-state index in [0.717, 1.165) is 4.57 Å². The standard InChI is InChI=1S/C14H13N5O4/c1-16-8-15-12-11(16)13(20)18(14(21)17(12)2)7-9-3-5-10(6-4-9)19(22)23/h3-6,8H,7H2,1-2H3. The van der Waals surface area contributed by atoms with Crippen molar-refractivity contribution in [3.63, 3.8) is 0 Å². The van der Waals surface area contributed by atoms with Crippen LogP contribution >= 0.6 is 0 Å². The Morgan fingerprint density at radius 2 is 1.83 bits per heavy atom. The Labute approximate surface area is 129 Å². The van der Waals surface area contributed by atoms with Crippen LogP contribution in [0.25, 0.3) is 11.2 Å². The fourth-order valence-electron chi connectivity index (χ4n) is 2.44. The highest BCUT2D eigenvalue weighted by Crippen LogP contribution is 2.12. The van der Waals surface area contributed by atoms with E-state index in [0.29, 0.717) is 16.7 Å². The van der Waals surface area contributed by atoms with Crippen LogP contribution in [-0.4, -0.2) is 23.6 Å². The van der Waals surface area contributed by atoms with Crippen molar-refractivity contribution in [2.24, 2.45) is 14.1 Å². The number of nitro benzene ring substituents is 1. The monoisotopic (exact) mass is 315 g/mol. The summed E-state index contributed by atoms with van der Waals surface area (Å²) in [4.78, 5) is 39.1. The maximum Gasteiger partial charge on any atom is 0.332 e. The first-order valence-electron chi connectivity index (χ1n) is 6.74. The quantitative estimate of drug-likeness (QED) is 0.513. The lowest BCUT2D eigenvalue weighted by Gasteiger charge is -2.08. The summed E-state index contributed by atoms with van der Waals surface area (Å²) in [6.07, 6.45) is 1.47. The van der Waals surface area contributed by atoms with E-state index in [1.54, 1.807) is 18.7 Å². The van der Waals surface area contributed by atoms with E-state index >= 15 is 0 Å². The molecule has 0 aliphatic carbocycles. The van der Waals surface area contributed by atoms with Crippen molar-refractivity contribution < 1.29 is 4.92 Å². The van der Waals surface area contributed by atoms with Crippen LogP contribution in [0.2, 0.25) is 0 Å². The number of nitro groups is 1. The second-order valence-corrected chi connectivity index (χ2v) is 5.18. The van der Waals surface area contributed by atoms with Gasteiger partial charge in [-0.05, 0) is 5.56 Å². The molecule has 2 aromatic heterocycles. The van der Waals surface area contributed by atoms with Gasteiger partial charge in [0.1, 0.15) is 0 Å². The molecule has 0 spiro atoms. The Bertz CT molecular complexity index is 1030. The van der Waals surface area contributed by atoms with Gasteiger partial charge in [0.05, 0.1) is 17.8 Å². The van der Waals surface area contributed by atoms with Crippen LogP contribution in [0.1, 0.15) is 5.56 Å². The zero-order valence-corrected chi connectivity index (χ0v) is 12.5. The van der Waals surface area contributed by atoms with Gasteiger partial charge in [-0.25, -0.2) is 9.78 Å². The first kappa shape index (κ1) is 14.7. The van der Waals surface area contributed by atoms with Crippen LogP contribution in [0.4, 0.5) is 5.69 Å². The lowest BCUT2D eigenvalue weighted by Crippen LogP contribution is -2.39. The molecule has 0 unspecified atom stereocenters. The number of hydrogen-bond acceptors (Lipinski definition) is 5. The van der Waals surface area contributed by atoms with Crippen molar-refractivity contribution in [1.29, 1.82) is 0 Å². The van der Waals surface area contributed by atoms with Crippen LogP contribution in [0.15, 0.2) is 40.2 Å². The van der Waals surface area contributed by atoms with E-state index in [2.05, 4.69) is 4.98 Å². The minimum atomic E-state index is -0.503. The zero-order valence-electron chi connectivity index (χ0n) is 12.5. The SMILES string of the molecule is Cn1cnc2c1c(=O)n(Cc1ccc([N+](=O)[O-])cc1)c(=O)n2C. The van der Waals surface area contributed by atoms with Crippen molar-refractivity contribution in [3.8, 4) is 0 Å². The maximum atomic E-state index is 12.5. The molecule has 0 saturated carbocycles. The molecule has 0 saturated heterocycles. The molecular weight excluding hydrogens is 302 g/mol. The first-order valence-corrected chi connectivity index (χ1v) is 6.74. The Morgan fingerprint density at radius 3 is 2.43 bits per heavy atom. The predicted molar refractivity (Wildman–Crippen MR) is 82.4 cm³/mol. The summed E-state index contributed by atoms with van der Waals surface area (Å²) in [5.41, 5.74) is 0.296. The van der Waals surface area contributed by atoms with Crippen molar-refractivity contribution in [2.75, 3.05) is 0 Å². The minimum absolute atomic E-state index is 0.0324. The molecule has 118 valence electrons. The van der Waals surface area contributed by atoms with Crippen LogP contribution < -0.4 is 11.2 Å². The van der Waals surface area contributed by atoms with E-state index in [1.165, 1.54) is 35.2 Å². The number of rotatable bonds is 3. The Kier molecular flexibility index (Phi) is 3.32. The molecule has 1 aromatic carbocycles. The number of non-ortho nitro benzene ring substituents is 1. The average molecular weight is 315 g/mol. The number of aryl methyl sites for hydroxylation is 2. The molecule has 0 bridgehead atoms. The van der Waals surface area contributed by atoms with Crippen molar-refractivity contribution in [2.45, 2.75) is 6.54 Å². The smallest absolute Gasteiger partial charge is 0.328 e. The van der Waals surface area contributed by atoms with E-state index in [9.17, 15) is 19.7 Å². The topological polar surface area (TPSA) is 105 Å². The predicted octanol–water partition coefficient (Wildman–Crippen LogP) is 0.390. The third kappa shape index (κ3) is 2.31. The summed E-state index contributed by atoms with van der Waals surface area (Å²) in [5, 5.41) is 10.7. The Morgan fingerprint density at radius 1 is 1.17 bits per heavy atom. The van der Waals surface area contributed by atoms with E-state index in [4.69, 9.17) is 0 Å². The number of hydrogen-bond donors (Lipinski definition) is 0. The number of aromatic nitrogens is 4. The van der Waals surface area contributed by atoms with Gasteiger partial charge >= 0.3 is 5.69 Å². The third-order valence-electron chi connectivity index (χ3n) is 3.69. The minimum Gasteiger partial charge on any atom is -0.328 e. The number of imidazole rings is 1. The molecule has 0 N–H and O–H groups in total. The fourth-order valence-corrected chi connectivity index (χ4v) is 2.44. The summed E-state index contributed by atoms with van der Waals surface area (Å²) in [6.45, 7) is 0.0324. The number of fused-ring (bicyclic) bond motifs is 1. The molecule has 2 heterocycles. The van der Waals surface area contributed by atoms with Gasteiger partial charge in [-0.1, -0.05) is 12.1 Å². The lowest BCUT2D eigenvalue weighted by atomic mass is 10.2. The molecule has 23 heavy (non-hydrogen) atoms. The van der Waals surface area contributed by atoms with Gasteiger partial charge in [-0.3, -0.25) is 24.0 Å². The molecule has 0 aliphatic heterocycles. The van der Waals surface area contributed by atoms with E-state index in [1.807, 2.05) is 0 Å². The highest BCUT2D eigenvalue weighted by Gasteiger charge is 2.15. The zero-order chi connectivity index (χ0) is 16.7. The lowest BCUT2D eigenvalue weighted by molar-refractivity contribution is -0.384. The normalized spacial score (nSPS) is 11.0. The summed E-state index contributed by atoms with van der Waals surface area (Å²) in [5.74, 6) is 0. The highest BCUT2D eigenvalue weighted by molar-refractivity contribution is 5.69. The Balaban J connectivity index is 2.13. The van der Waals surface area contributed by atoms with Crippen LogP contribution in [-0.2, 0) is 20.6 Å². The van der Waals surface area contributed by atoms with E-state index < -0.39 is 16.2 Å². The largest absolute Gasteiger partial charge is 0.332 e. The van der Waals surface area contributed by atoms with Crippen LogP contribution in [0, 0.1) is 10.1 Å². The fraction of sp³-hybridized carbons (Fsp3) is 0.214. The summed E-state index contributed by atoms with van der Waals surface area (Å²) >= 11 is 0. The van der Waals surface area contributed by atoms with Crippen molar-refractivity contribution >= 4 is 16.9 Å². The van der Waals surface area contributed by atoms with Gasteiger partial charge in [-0.2, -0.15) is 0 Å². The van der Waals surface area contributed by atoms with Gasteiger partial charge in [0.15, 0.2) is 11.2 Å². The summed E-state index contributed by atoms with van der Waals surface area (Å²) < 4.78 is 3.96. The average Bonchev–Trinajstić information content (AvgIpc) is 2.92. The number of nitrogens with zero attached hydrogens (tertiary/aromatic N) is 5. The molecular formula is C14H13N5O4. The third-order valence-corrected chi connectivity index (χ3v) is 3.69. The molecule has 9 heteroatoms.